The molecule has 5 nitrogen and oxygen atoms in total. The van der Waals surface area contributed by atoms with Crippen LogP contribution in [0.2, 0.25) is 0 Å². The van der Waals surface area contributed by atoms with Gasteiger partial charge in [-0.1, -0.05) is 24.3 Å². The van der Waals surface area contributed by atoms with Crippen LogP contribution in [0.25, 0.3) is 5.57 Å². The van der Waals surface area contributed by atoms with Gasteiger partial charge in [-0.25, -0.2) is 0 Å². The Morgan fingerprint density at radius 1 is 0.962 bits per heavy atom. The molecule has 0 saturated heterocycles. The molecule has 0 atom stereocenters. The number of aromatic hydroxyl groups is 1. The summed E-state index contributed by atoms with van der Waals surface area (Å²) < 4.78 is 15.9. The van der Waals surface area contributed by atoms with Crippen LogP contribution in [0.3, 0.4) is 0 Å². The van der Waals surface area contributed by atoms with Gasteiger partial charge in [-0.05, 0) is 48.4 Å². The molecule has 0 aliphatic carbocycles. The summed E-state index contributed by atoms with van der Waals surface area (Å²) in [4.78, 5) is 12.8. The normalized spacial score (nSPS) is 11.0. The lowest BCUT2D eigenvalue weighted by Crippen LogP contribution is -2.02. The van der Waals surface area contributed by atoms with Gasteiger partial charge >= 0.3 is 0 Å². The Kier molecular flexibility index (Phi) is 6.07. The summed E-state index contributed by atoms with van der Waals surface area (Å²) in [5, 5.41) is 9.45. The number of allylic oxidation sites excluding steroid dienone is 3. The maximum Gasteiger partial charge on any atom is 0.203 e. The highest BCUT2D eigenvalue weighted by molar-refractivity contribution is 6.10. The van der Waals surface area contributed by atoms with E-state index in [1.54, 1.807) is 36.4 Å². The van der Waals surface area contributed by atoms with E-state index >= 15 is 0 Å². The highest BCUT2D eigenvalue weighted by Crippen LogP contribution is 2.38. The Bertz CT molecular complexity index is 822. The first-order valence-electron chi connectivity index (χ1n) is 7.92. The molecule has 0 spiro atoms. The number of phenolic OH excluding ortho intramolecular Hbond substituents is 1. The first kappa shape index (κ1) is 19.1. The molecule has 0 amide bonds. The van der Waals surface area contributed by atoms with Crippen LogP contribution in [-0.2, 0) is 0 Å². The minimum Gasteiger partial charge on any atom is -0.508 e. The van der Waals surface area contributed by atoms with Gasteiger partial charge in [-0.3, -0.25) is 4.79 Å². The molecule has 0 aromatic heterocycles. The average molecular weight is 354 g/mol. The van der Waals surface area contributed by atoms with E-state index < -0.39 is 0 Å². The SMILES string of the molecule is C=C(C)/C(=C\C(=O)c1cc(OC)c(OC)c(OC)c1)c1ccc(O)cc1. The van der Waals surface area contributed by atoms with Crippen molar-refractivity contribution < 1.29 is 24.1 Å². The summed E-state index contributed by atoms with van der Waals surface area (Å²) in [6.07, 6.45) is 1.51. The van der Waals surface area contributed by atoms with E-state index in [0.29, 0.717) is 28.4 Å². The average Bonchev–Trinajstić information content (AvgIpc) is 2.65. The molecule has 5 heteroatoms. The van der Waals surface area contributed by atoms with E-state index in [1.165, 1.54) is 27.4 Å². The second kappa shape index (κ2) is 8.25. The topological polar surface area (TPSA) is 65.0 Å². The number of ether oxygens (including phenoxy) is 3. The van der Waals surface area contributed by atoms with Gasteiger partial charge in [0.1, 0.15) is 5.75 Å². The maximum absolute atomic E-state index is 12.8. The zero-order chi connectivity index (χ0) is 19.3. The van der Waals surface area contributed by atoms with Gasteiger partial charge in [0.05, 0.1) is 21.3 Å². The number of carbonyl (C=O) groups is 1. The van der Waals surface area contributed by atoms with E-state index in [2.05, 4.69) is 6.58 Å². The number of hydrogen-bond acceptors (Lipinski definition) is 5. The molecule has 0 saturated carbocycles. The minimum atomic E-state index is -0.227. The lowest BCUT2D eigenvalue weighted by molar-refractivity contribution is 0.104. The van der Waals surface area contributed by atoms with Gasteiger partial charge in [0.2, 0.25) is 5.75 Å². The zero-order valence-corrected chi connectivity index (χ0v) is 15.3. The predicted molar refractivity (Wildman–Crippen MR) is 101 cm³/mol. The van der Waals surface area contributed by atoms with Crippen LogP contribution < -0.4 is 14.2 Å². The third-order valence-electron chi connectivity index (χ3n) is 3.86. The number of methoxy groups -OCH3 is 3. The number of rotatable bonds is 7. The number of benzene rings is 2. The lowest BCUT2D eigenvalue weighted by Gasteiger charge is -2.13. The molecule has 0 unspecified atom stereocenters. The highest BCUT2D eigenvalue weighted by atomic mass is 16.5. The van der Waals surface area contributed by atoms with Crippen LogP contribution in [0.15, 0.2) is 54.6 Å². The second-order valence-electron chi connectivity index (χ2n) is 5.66. The van der Waals surface area contributed by atoms with Crippen molar-refractivity contribution in [1.82, 2.24) is 0 Å². The molecule has 2 rings (SSSR count). The summed E-state index contributed by atoms with van der Waals surface area (Å²) in [7, 11) is 4.50. The molecule has 1 N–H and O–H groups in total. The summed E-state index contributed by atoms with van der Waals surface area (Å²) in [5.74, 6) is 1.17. The van der Waals surface area contributed by atoms with E-state index in [4.69, 9.17) is 14.2 Å². The van der Waals surface area contributed by atoms with Gasteiger partial charge in [0.15, 0.2) is 17.3 Å². The van der Waals surface area contributed by atoms with Crippen molar-refractivity contribution in [3.05, 3.63) is 65.8 Å². The Hall–Kier alpha value is -3.21. The Labute approximate surface area is 153 Å². The molecular formula is C21H22O5. The van der Waals surface area contributed by atoms with Gasteiger partial charge in [0.25, 0.3) is 0 Å². The van der Waals surface area contributed by atoms with Crippen molar-refractivity contribution in [3.63, 3.8) is 0 Å². The third kappa shape index (κ3) is 4.06. The minimum absolute atomic E-state index is 0.158. The predicted octanol–water partition coefficient (Wildman–Crippen LogP) is 4.26. The molecule has 2 aromatic carbocycles. The van der Waals surface area contributed by atoms with E-state index in [1.807, 2.05) is 6.92 Å². The lowest BCUT2D eigenvalue weighted by atomic mass is 9.97. The van der Waals surface area contributed by atoms with Crippen LogP contribution in [0.4, 0.5) is 0 Å². The quantitative estimate of drug-likeness (QED) is 0.457. The molecule has 0 fully saturated rings. The summed E-state index contributed by atoms with van der Waals surface area (Å²) in [6.45, 7) is 5.76. The fourth-order valence-corrected chi connectivity index (χ4v) is 2.53. The summed E-state index contributed by atoms with van der Waals surface area (Å²) in [5.41, 5.74) is 2.60. The van der Waals surface area contributed by atoms with E-state index in [0.717, 1.165) is 11.1 Å². The first-order valence-corrected chi connectivity index (χ1v) is 7.92. The molecule has 0 aliphatic rings. The van der Waals surface area contributed by atoms with E-state index in [9.17, 15) is 9.90 Å². The number of phenols is 1. The molecule has 0 aliphatic heterocycles. The van der Waals surface area contributed by atoms with Gasteiger partial charge in [-0.15, -0.1) is 0 Å². The zero-order valence-electron chi connectivity index (χ0n) is 15.3. The summed E-state index contributed by atoms with van der Waals surface area (Å²) in [6, 6.07) is 9.81. The monoisotopic (exact) mass is 354 g/mol. The molecule has 0 heterocycles. The van der Waals surface area contributed by atoms with Crippen LogP contribution in [0, 0.1) is 0 Å². The molecule has 2 aromatic rings. The Morgan fingerprint density at radius 2 is 1.50 bits per heavy atom. The van der Waals surface area contributed by atoms with Crippen molar-refractivity contribution in [2.24, 2.45) is 0 Å². The molecule has 0 bridgehead atoms. The van der Waals surface area contributed by atoms with Crippen LogP contribution in [0.1, 0.15) is 22.8 Å². The molecular weight excluding hydrogens is 332 g/mol. The van der Waals surface area contributed by atoms with Crippen molar-refractivity contribution in [3.8, 4) is 23.0 Å². The second-order valence-corrected chi connectivity index (χ2v) is 5.66. The fraction of sp³-hybridized carbons (Fsp3) is 0.190. The van der Waals surface area contributed by atoms with Crippen molar-refractivity contribution in [2.45, 2.75) is 6.92 Å². The van der Waals surface area contributed by atoms with Crippen LogP contribution >= 0.6 is 0 Å². The van der Waals surface area contributed by atoms with Crippen LogP contribution in [0.5, 0.6) is 23.0 Å². The van der Waals surface area contributed by atoms with Gasteiger partial charge in [-0.2, -0.15) is 0 Å². The van der Waals surface area contributed by atoms with Gasteiger partial charge in [0, 0.05) is 5.56 Å². The first-order chi connectivity index (χ1) is 12.4. The Morgan fingerprint density at radius 3 is 1.92 bits per heavy atom. The van der Waals surface area contributed by atoms with Crippen molar-refractivity contribution in [2.75, 3.05) is 21.3 Å². The highest BCUT2D eigenvalue weighted by Gasteiger charge is 2.17. The molecule has 0 radical (unpaired) electrons. The third-order valence-corrected chi connectivity index (χ3v) is 3.86. The molecule has 136 valence electrons. The fourth-order valence-electron chi connectivity index (χ4n) is 2.53. The Balaban J connectivity index is 2.50. The number of ketones is 1. The number of hydrogen-bond donors (Lipinski definition) is 1. The maximum atomic E-state index is 12.8. The largest absolute Gasteiger partial charge is 0.508 e. The number of carbonyl (C=O) groups excluding carboxylic acids is 1. The smallest absolute Gasteiger partial charge is 0.203 e. The molecule has 26 heavy (non-hydrogen) atoms. The van der Waals surface area contributed by atoms with Gasteiger partial charge < -0.3 is 19.3 Å². The van der Waals surface area contributed by atoms with Crippen molar-refractivity contribution >= 4 is 11.4 Å². The van der Waals surface area contributed by atoms with Crippen LogP contribution in [-0.4, -0.2) is 32.2 Å². The van der Waals surface area contributed by atoms with E-state index in [-0.39, 0.29) is 11.5 Å². The standard InChI is InChI=1S/C21H22O5/c1-13(2)17(14-6-8-16(22)9-7-14)12-18(23)15-10-19(24-3)21(26-5)20(11-15)25-4/h6-12,22H,1H2,2-5H3/b17-12+. The van der Waals surface area contributed by atoms with Crippen molar-refractivity contribution in [1.29, 1.82) is 0 Å². The summed E-state index contributed by atoms with van der Waals surface area (Å²) >= 11 is 0.